The van der Waals surface area contributed by atoms with Crippen LogP contribution in [0.15, 0.2) is 18.3 Å². The molecular weight excluding hydrogens is 238 g/mol. The Kier molecular flexibility index (Phi) is 4.77. The fraction of sp³-hybridized carbons (Fsp3) is 0.600. The number of primary amides is 1. The fourth-order valence-electron chi connectivity index (χ4n) is 2.67. The first-order valence-corrected chi connectivity index (χ1v) is 7.15. The Hall–Kier alpha value is -1.58. The molecule has 0 aliphatic heterocycles. The molecule has 4 heteroatoms. The molecule has 0 spiro atoms. The van der Waals surface area contributed by atoms with Gasteiger partial charge in [0.1, 0.15) is 5.82 Å². The SMILES string of the molecule is CC1CCC(CCNc2ccc(C(N)=O)cn2)CC1. The van der Waals surface area contributed by atoms with E-state index >= 15 is 0 Å². The monoisotopic (exact) mass is 261 g/mol. The first kappa shape index (κ1) is 13.8. The number of anilines is 1. The Labute approximate surface area is 114 Å². The average molecular weight is 261 g/mol. The molecule has 19 heavy (non-hydrogen) atoms. The summed E-state index contributed by atoms with van der Waals surface area (Å²) in [6.45, 7) is 3.29. The summed E-state index contributed by atoms with van der Waals surface area (Å²) in [6.07, 6.45) is 8.18. The Morgan fingerprint density at radius 2 is 2.11 bits per heavy atom. The molecule has 1 aromatic rings. The first-order valence-electron chi connectivity index (χ1n) is 7.15. The Balaban J connectivity index is 1.72. The quantitative estimate of drug-likeness (QED) is 0.856. The minimum atomic E-state index is -0.435. The van der Waals surface area contributed by atoms with E-state index in [2.05, 4.69) is 17.2 Å². The number of rotatable bonds is 5. The largest absolute Gasteiger partial charge is 0.370 e. The van der Waals surface area contributed by atoms with E-state index in [4.69, 9.17) is 5.73 Å². The normalized spacial score (nSPS) is 23.0. The maximum Gasteiger partial charge on any atom is 0.250 e. The van der Waals surface area contributed by atoms with Gasteiger partial charge in [-0.25, -0.2) is 4.98 Å². The number of carbonyl (C=O) groups is 1. The number of aromatic nitrogens is 1. The van der Waals surface area contributed by atoms with E-state index in [-0.39, 0.29) is 0 Å². The van der Waals surface area contributed by atoms with Gasteiger partial charge in [0.25, 0.3) is 0 Å². The molecule has 1 heterocycles. The van der Waals surface area contributed by atoms with Gasteiger partial charge in [-0.15, -0.1) is 0 Å². The number of pyridine rings is 1. The van der Waals surface area contributed by atoms with Crippen LogP contribution in [0.1, 0.15) is 49.4 Å². The molecule has 1 fully saturated rings. The van der Waals surface area contributed by atoms with E-state index in [9.17, 15) is 4.79 Å². The second-order valence-corrected chi connectivity index (χ2v) is 5.64. The predicted molar refractivity (Wildman–Crippen MR) is 77.0 cm³/mol. The van der Waals surface area contributed by atoms with Crippen LogP contribution in [0.25, 0.3) is 0 Å². The minimum absolute atomic E-state index is 0.435. The highest BCUT2D eigenvalue weighted by atomic mass is 16.1. The zero-order chi connectivity index (χ0) is 13.7. The third-order valence-electron chi connectivity index (χ3n) is 4.04. The minimum Gasteiger partial charge on any atom is -0.370 e. The summed E-state index contributed by atoms with van der Waals surface area (Å²) in [6, 6.07) is 3.52. The van der Waals surface area contributed by atoms with Gasteiger partial charge in [-0.3, -0.25) is 4.79 Å². The summed E-state index contributed by atoms with van der Waals surface area (Å²) in [5.41, 5.74) is 5.62. The smallest absolute Gasteiger partial charge is 0.250 e. The highest BCUT2D eigenvalue weighted by Gasteiger charge is 2.17. The van der Waals surface area contributed by atoms with Crippen molar-refractivity contribution >= 4 is 11.7 Å². The third kappa shape index (κ3) is 4.23. The van der Waals surface area contributed by atoms with Gasteiger partial charge in [0.05, 0.1) is 5.56 Å². The fourth-order valence-corrected chi connectivity index (χ4v) is 2.67. The van der Waals surface area contributed by atoms with Crippen LogP contribution in [0.4, 0.5) is 5.82 Å². The molecule has 104 valence electrons. The summed E-state index contributed by atoms with van der Waals surface area (Å²) in [7, 11) is 0. The lowest BCUT2D eigenvalue weighted by molar-refractivity contribution is 0.1000. The van der Waals surface area contributed by atoms with Crippen molar-refractivity contribution in [2.75, 3.05) is 11.9 Å². The summed E-state index contributed by atoms with van der Waals surface area (Å²) in [5, 5.41) is 3.31. The van der Waals surface area contributed by atoms with Gasteiger partial charge >= 0.3 is 0 Å². The van der Waals surface area contributed by atoms with E-state index in [1.807, 2.05) is 6.07 Å². The van der Waals surface area contributed by atoms with Crippen molar-refractivity contribution in [2.24, 2.45) is 17.6 Å². The average Bonchev–Trinajstić information content (AvgIpc) is 2.41. The Morgan fingerprint density at radius 3 is 2.68 bits per heavy atom. The molecule has 2 rings (SSSR count). The number of amides is 1. The van der Waals surface area contributed by atoms with Crippen molar-refractivity contribution in [3.63, 3.8) is 0 Å². The zero-order valence-electron chi connectivity index (χ0n) is 11.6. The van der Waals surface area contributed by atoms with Crippen molar-refractivity contribution in [3.8, 4) is 0 Å². The van der Waals surface area contributed by atoms with E-state index in [1.54, 1.807) is 6.07 Å². The molecule has 0 aromatic carbocycles. The lowest BCUT2D eigenvalue weighted by Crippen LogP contribution is -2.16. The van der Waals surface area contributed by atoms with Crippen molar-refractivity contribution in [2.45, 2.75) is 39.0 Å². The zero-order valence-corrected chi connectivity index (χ0v) is 11.6. The van der Waals surface area contributed by atoms with E-state index < -0.39 is 5.91 Å². The predicted octanol–water partition coefficient (Wildman–Crippen LogP) is 2.81. The van der Waals surface area contributed by atoms with Gasteiger partial charge < -0.3 is 11.1 Å². The van der Waals surface area contributed by atoms with E-state index in [0.717, 1.165) is 24.2 Å². The number of nitrogens with one attached hydrogen (secondary N) is 1. The first-order chi connectivity index (χ1) is 9.15. The van der Waals surface area contributed by atoms with Crippen molar-refractivity contribution in [1.82, 2.24) is 4.98 Å². The Bertz CT molecular complexity index is 408. The summed E-state index contributed by atoms with van der Waals surface area (Å²) in [4.78, 5) is 15.1. The molecule has 1 aliphatic carbocycles. The molecule has 1 amide bonds. The van der Waals surface area contributed by atoms with Gasteiger partial charge in [-0.05, 0) is 30.4 Å². The molecule has 0 atom stereocenters. The second kappa shape index (κ2) is 6.55. The summed E-state index contributed by atoms with van der Waals surface area (Å²) in [5.74, 6) is 2.14. The molecule has 0 unspecified atom stereocenters. The lowest BCUT2D eigenvalue weighted by Gasteiger charge is -2.26. The summed E-state index contributed by atoms with van der Waals surface area (Å²) < 4.78 is 0. The number of carbonyl (C=O) groups excluding carboxylic acids is 1. The molecule has 0 radical (unpaired) electrons. The standard InChI is InChI=1S/C15H23N3O/c1-11-2-4-12(5-3-11)8-9-17-14-7-6-13(10-18-14)15(16)19/h6-7,10-12H,2-5,8-9H2,1H3,(H2,16,19)(H,17,18). The molecule has 0 bridgehead atoms. The molecule has 4 nitrogen and oxygen atoms in total. The van der Waals surface area contributed by atoms with Crippen LogP contribution in [0.5, 0.6) is 0 Å². The van der Waals surface area contributed by atoms with Crippen molar-refractivity contribution in [1.29, 1.82) is 0 Å². The van der Waals surface area contributed by atoms with Gasteiger partial charge in [0.2, 0.25) is 5.91 Å². The molecular formula is C15H23N3O. The van der Waals surface area contributed by atoms with Crippen LogP contribution >= 0.6 is 0 Å². The van der Waals surface area contributed by atoms with Crippen LogP contribution in [0.3, 0.4) is 0 Å². The van der Waals surface area contributed by atoms with Crippen molar-refractivity contribution in [3.05, 3.63) is 23.9 Å². The molecule has 1 saturated carbocycles. The molecule has 1 aliphatic rings. The Morgan fingerprint density at radius 1 is 1.37 bits per heavy atom. The van der Waals surface area contributed by atoms with Gasteiger partial charge in [0, 0.05) is 12.7 Å². The topological polar surface area (TPSA) is 68.0 Å². The van der Waals surface area contributed by atoms with Gasteiger partial charge in [-0.1, -0.05) is 32.6 Å². The number of nitrogens with two attached hydrogens (primary N) is 1. The molecule has 0 saturated heterocycles. The van der Waals surface area contributed by atoms with Gasteiger partial charge in [0.15, 0.2) is 0 Å². The third-order valence-corrected chi connectivity index (χ3v) is 4.04. The van der Waals surface area contributed by atoms with Crippen LogP contribution in [-0.2, 0) is 0 Å². The number of nitrogens with zero attached hydrogens (tertiary/aromatic N) is 1. The number of hydrogen-bond acceptors (Lipinski definition) is 3. The van der Waals surface area contributed by atoms with Crippen LogP contribution in [0.2, 0.25) is 0 Å². The lowest BCUT2D eigenvalue weighted by atomic mass is 9.81. The highest BCUT2D eigenvalue weighted by Crippen LogP contribution is 2.30. The maximum absolute atomic E-state index is 10.9. The maximum atomic E-state index is 10.9. The van der Waals surface area contributed by atoms with Crippen LogP contribution in [0, 0.1) is 11.8 Å². The second-order valence-electron chi connectivity index (χ2n) is 5.64. The highest BCUT2D eigenvalue weighted by molar-refractivity contribution is 5.92. The van der Waals surface area contributed by atoms with Gasteiger partial charge in [-0.2, -0.15) is 0 Å². The van der Waals surface area contributed by atoms with E-state index in [0.29, 0.717) is 5.56 Å². The molecule has 1 aromatic heterocycles. The molecule has 3 N–H and O–H groups in total. The van der Waals surface area contributed by atoms with Crippen LogP contribution in [-0.4, -0.2) is 17.4 Å². The summed E-state index contributed by atoms with van der Waals surface area (Å²) >= 11 is 0. The number of hydrogen-bond donors (Lipinski definition) is 2. The van der Waals surface area contributed by atoms with Crippen LogP contribution < -0.4 is 11.1 Å². The van der Waals surface area contributed by atoms with Crippen molar-refractivity contribution < 1.29 is 4.79 Å². The van der Waals surface area contributed by atoms with E-state index in [1.165, 1.54) is 38.3 Å².